The molecule has 19 heavy (non-hydrogen) atoms. The largest absolute Gasteiger partial charge is 0.372 e. The van der Waals surface area contributed by atoms with Gasteiger partial charge < -0.3 is 15.4 Å². The van der Waals surface area contributed by atoms with Crippen molar-refractivity contribution in [2.75, 3.05) is 23.8 Å². The van der Waals surface area contributed by atoms with Crippen LogP contribution in [0, 0.1) is 0 Å². The molecule has 0 unspecified atom stereocenters. The van der Waals surface area contributed by atoms with E-state index in [4.69, 9.17) is 16.3 Å². The molecule has 104 valence electrons. The van der Waals surface area contributed by atoms with Crippen LogP contribution in [0.25, 0.3) is 0 Å². The minimum Gasteiger partial charge on any atom is -0.372 e. The van der Waals surface area contributed by atoms with Gasteiger partial charge in [-0.25, -0.2) is 0 Å². The highest BCUT2D eigenvalue weighted by Gasteiger charge is 2.08. The second kappa shape index (κ2) is 7.76. The van der Waals surface area contributed by atoms with Crippen molar-refractivity contribution in [1.29, 1.82) is 0 Å². The molecule has 0 fully saturated rings. The summed E-state index contributed by atoms with van der Waals surface area (Å²) in [6.45, 7) is 4.00. The average Bonchev–Trinajstić information content (AvgIpc) is 2.40. The number of nitrogens with one attached hydrogen (secondary N) is 2. The van der Waals surface area contributed by atoms with E-state index >= 15 is 0 Å². The van der Waals surface area contributed by atoms with Crippen LogP contribution < -0.4 is 10.6 Å². The Kier molecular flexibility index (Phi) is 6.32. The molecular weight excluding hydrogens is 268 g/mol. The van der Waals surface area contributed by atoms with Crippen LogP contribution >= 0.6 is 11.6 Å². The fourth-order valence-corrected chi connectivity index (χ4v) is 1.49. The Morgan fingerprint density at radius 1 is 1.21 bits per heavy atom. The van der Waals surface area contributed by atoms with Crippen molar-refractivity contribution in [3.63, 3.8) is 0 Å². The van der Waals surface area contributed by atoms with E-state index in [2.05, 4.69) is 10.6 Å². The molecule has 6 heteroatoms. The number of carbonyl (C=O) groups is 2. The molecule has 0 aromatic heterocycles. The van der Waals surface area contributed by atoms with Crippen LogP contribution in [0.2, 0.25) is 5.02 Å². The maximum absolute atomic E-state index is 11.5. The first kappa shape index (κ1) is 15.5. The van der Waals surface area contributed by atoms with Gasteiger partial charge in [-0.05, 0) is 25.1 Å². The first-order valence-corrected chi connectivity index (χ1v) is 6.41. The maximum atomic E-state index is 11.5. The second-order valence-electron chi connectivity index (χ2n) is 3.78. The fourth-order valence-electron chi connectivity index (χ4n) is 1.33. The molecular formula is C13H17ClN2O3. The number of benzene rings is 1. The zero-order valence-corrected chi connectivity index (χ0v) is 11.7. The van der Waals surface area contributed by atoms with Gasteiger partial charge >= 0.3 is 0 Å². The molecule has 0 saturated carbocycles. The van der Waals surface area contributed by atoms with Gasteiger partial charge in [-0.3, -0.25) is 9.59 Å². The summed E-state index contributed by atoms with van der Waals surface area (Å²) in [6.07, 6.45) is 0.384. The van der Waals surface area contributed by atoms with Gasteiger partial charge in [-0.15, -0.1) is 0 Å². The molecule has 0 atom stereocenters. The number of ether oxygens (including phenoxy) is 1. The quantitative estimate of drug-likeness (QED) is 0.844. The lowest BCUT2D eigenvalue weighted by molar-refractivity contribution is -0.120. The second-order valence-corrected chi connectivity index (χ2v) is 4.19. The van der Waals surface area contributed by atoms with Crippen molar-refractivity contribution in [3.8, 4) is 0 Å². The molecule has 1 rings (SSSR count). The van der Waals surface area contributed by atoms with Crippen LogP contribution in [0.5, 0.6) is 0 Å². The molecule has 2 N–H and O–H groups in total. The van der Waals surface area contributed by atoms with Crippen LogP contribution in [0.3, 0.4) is 0 Å². The number of hydrogen-bond acceptors (Lipinski definition) is 3. The standard InChI is InChI=1S/C13H17ClN2O3/c1-3-12(17)15-9-5-6-10(14)11(7-9)16-13(18)8-19-4-2/h5-7H,3-4,8H2,1-2H3,(H,15,17)(H,16,18). The molecule has 0 aliphatic rings. The first-order chi connectivity index (χ1) is 9.06. The molecule has 0 aliphatic carbocycles. The zero-order valence-electron chi connectivity index (χ0n) is 11.0. The topological polar surface area (TPSA) is 67.4 Å². The van der Waals surface area contributed by atoms with Crippen LogP contribution in [-0.4, -0.2) is 25.0 Å². The number of hydrogen-bond donors (Lipinski definition) is 2. The normalized spacial score (nSPS) is 10.1. The summed E-state index contributed by atoms with van der Waals surface area (Å²) < 4.78 is 4.99. The first-order valence-electron chi connectivity index (χ1n) is 6.03. The van der Waals surface area contributed by atoms with Gasteiger partial charge in [0.15, 0.2) is 0 Å². The molecule has 1 aromatic carbocycles. The minimum absolute atomic E-state index is 0.0294. The Morgan fingerprint density at radius 3 is 2.58 bits per heavy atom. The molecule has 0 heterocycles. The number of rotatable bonds is 6. The Labute approximate surface area is 117 Å². The van der Waals surface area contributed by atoms with Crippen molar-refractivity contribution in [2.45, 2.75) is 20.3 Å². The van der Waals surface area contributed by atoms with E-state index < -0.39 is 0 Å². The smallest absolute Gasteiger partial charge is 0.250 e. The van der Waals surface area contributed by atoms with Crippen LogP contribution in [0.1, 0.15) is 20.3 Å². The van der Waals surface area contributed by atoms with Gasteiger partial charge in [0.1, 0.15) is 6.61 Å². The molecule has 0 aliphatic heterocycles. The van der Waals surface area contributed by atoms with E-state index in [0.717, 1.165) is 0 Å². The third-order valence-electron chi connectivity index (χ3n) is 2.28. The van der Waals surface area contributed by atoms with Gasteiger partial charge in [0.25, 0.3) is 0 Å². The third-order valence-corrected chi connectivity index (χ3v) is 2.61. The van der Waals surface area contributed by atoms with Gasteiger partial charge in [-0.1, -0.05) is 18.5 Å². The highest BCUT2D eigenvalue weighted by atomic mass is 35.5. The summed E-state index contributed by atoms with van der Waals surface area (Å²) in [4.78, 5) is 22.8. The Balaban J connectivity index is 2.74. The SMILES string of the molecule is CCOCC(=O)Nc1cc(NC(=O)CC)ccc1Cl. The molecule has 0 spiro atoms. The lowest BCUT2D eigenvalue weighted by atomic mass is 10.2. The number of anilines is 2. The summed E-state index contributed by atoms with van der Waals surface area (Å²) in [6, 6.07) is 4.90. The molecule has 0 radical (unpaired) electrons. The highest BCUT2D eigenvalue weighted by molar-refractivity contribution is 6.33. The lowest BCUT2D eigenvalue weighted by Crippen LogP contribution is -2.18. The van der Waals surface area contributed by atoms with Crippen molar-refractivity contribution in [2.24, 2.45) is 0 Å². The molecule has 0 bridgehead atoms. The predicted octanol–water partition coefficient (Wildman–Crippen LogP) is 2.66. The van der Waals surface area contributed by atoms with Crippen LogP contribution in [0.4, 0.5) is 11.4 Å². The number of halogens is 1. The summed E-state index contributed by atoms with van der Waals surface area (Å²) >= 11 is 5.98. The van der Waals surface area contributed by atoms with E-state index in [-0.39, 0.29) is 18.4 Å². The van der Waals surface area contributed by atoms with Gasteiger partial charge in [0.2, 0.25) is 11.8 Å². The summed E-state index contributed by atoms with van der Waals surface area (Å²) in [7, 11) is 0. The monoisotopic (exact) mass is 284 g/mol. The van der Waals surface area contributed by atoms with E-state index in [9.17, 15) is 9.59 Å². The number of carbonyl (C=O) groups excluding carboxylic acids is 2. The summed E-state index contributed by atoms with van der Waals surface area (Å²) in [5.74, 6) is -0.392. The maximum Gasteiger partial charge on any atom is 0.250 e. The Morgan fingerprint density at radius 2 is 1.95 bits per heavy atom. The summed E-state index contributed by atoms with van der Waals surface area (Å²) in [5, 5.41) is 5.73. The average molecular weight is 285 g/mol. The van der Waals surface area contributed by atoms with Gasteiger partial charge in [0, 0.05) is 18.7 Å². The lowest BCUT2D eigenvalue weighted by Gasteiger charge is -2.10. The van der Waals surface area contributed by atoms with Crippen molar-refractivity contribution in [3.05, 3.63) is 23.2 Å². The predicted molar refractivity (Wildman–Crippen MR) is 75.5 cm³/mol. The van der Waals surface area contributed by atoms with Gasteiger partial charge in [-0.2, -0.15) is 0 Å². The summed E-state index contributed by atoms with van der Waals surface area (Å²) in [5.41, 5.74) is 1.03. The van der Waals surface area contributed by atoms with Gasteiger partial charge in [0.05, 0.1) is 10.7 Å². The fraction of sp³-hybridized carbons (Fsp3) is 0.385. The molecule has 1 aromatic rings. The highest BCUT2D eigenvalue weighted by Crippen LogP contribution is 2.25. The molecule has 5 nitrogen and oxygen atoms in total. The third kappa shape index (κ3) is 5.28. The van der Waals surface area contributed by atoms with E-state index in [1.54, 1.807) is 32.0 Å². The van der Waals surface area contributed by atoms with Crippen molar-refractivity contribution >= 4 is 34.8 Å². The minimum atomic E-state index is -0.289. The Hall–Kier alpha value is -1.59. The van der Waals surface area contributed by atoms with E-state index in [0.29, 0.717) is 29.4 Å². The zero-order chi connectivity index (χ0) is 14.3. The van der Waals surface area contributed by atoms with Crippen LogP contribution in [-0.2, 0) is 14.3 Å². The molecule has 2 amide bonds. The molecule has 0 saturated heterocycles. The van der Waals surface area contributed by atoms with Crippen molar-refractivity contribution < 1.29 is 14.3 Å². The van der Waals surface area contributed by atoms with Crippen molar-refractivity contribution in [1.82, 2.24) is 0 Å². The van der Waals surface area contributed by atoms with E-state index in [1.165, 1.54) is 0 Å². The van der Waals surface area contributed by atoms with E-state index in [1.807, 2.05) is 0 Å². The number of amides is 2. The van der Waals surface area contributed by atoms with Crippen LogP contribution in [0.15, 0.2) is 18.2 Å². The Bertz CT molecular complexity index is 463.